The van der Waals surface area contributed by atoms with E-state index in [1.54, 1.807) is 22.2 Å². The predicted molar refractivity (Wildman–Crippen MR) is 102 cm³/mol. The Morgan fingerprint density at radius 1 is 1.19 bits per heavy atom. The van der Waals surface area contributed by atoms with Crippen molar-refractivity contribution in [3.8, 4) is 0 Å². The Labute approximate surface area is 154 Å². The number of anilines is 1. The molecule has 5 nitrogen and oxygen atoms in total. The summed E-state index contributed by atoms with van der Waals surface area (Å²) in [6.45, 7) is 5.18. The lowest BCUT2D eigenvalue weighted by atomic mass is 10.1. The number of rotatable bonds is 5. The summed E-state index contributed by atoms with van der Waals surface area (Å²) in [6, 6.07) is 9.92. The molecular formula is C21H25N3O2. The van der Waals surface area contributed by atoms with Gasteiger partial charge in [-0.2, -0.15) is 0 Å². The van der Waals surface area contributed by atoms with E-state index in [2.05, 4.69) is 11.9 Å². The number of amides is 2. The molecule has 1 fully saturated rings. The van der Waals surface area contributed by atoms with Crippen LogP contribution in [0, 0.1) is 19.8 Å². The number of aromatic nitrogens is 1. The highest BCUT2D eigenvalue weighted by Crippen LogP contribution is 2.27. The molecule has 1 aliphatic heterocycles. The molecule has 1 aliphatic rings. The standard InChI is InChI=1S/C21H25N3O2/c1-15-4-5-19(12-16(15)2)24-14-18(13-20(24)25)21(26)23(3)11-8-17-6-9-22-10-7-17/h4-7,9-10,12,18H,8,11,13-14H2,1-3H3. The molecular weight excluding hydrogens is 326 g/mol. The van der Waals surface area contributed by atoms with Gasteiger partial charge in [0.1, 0.15) is 0 Å². The number of carbonyl (C=O) groups is 2. The Balaban J connectivity index is 1.61. The van der Waals surface area contributed by atoms with Crippen molar-refractivity contribution >= 4 is 17.5 Å². The minimum Gasteiger partial charge on any atom is -0.345 e. The number of hydrogen-bond donors (Lipinski definition) is 0. The van der Waals surface area contributed by atoms with Crippen LogP contribution in [0.4, 0.5) is 5.69 Å². The highest BCUT2D eigenvalue weighted by molar-refractivity contribution is 6.00. The van der Waals surface area contributed by atoms with Gasteiger partial charge >= 0.3 is 0 Å². The van der Waals surface area contributed by atoms with E-state index in [1.165, 1.54) is 5.56 Å². The Kier molecular flexibility index (Phi) is 5.35. The maximum Gasteiger partial charge on any atom is 0.227 e. The number of pyridine rings is 1. The number of benzene rings is 1. The maximum absolute atomic E-state index is 12.7. The zero-order valence-electron chi connectivity index (χ0n) is 15.6. The van der Waals surface area contributed by atoms with Crippen LogP contribution in [0.15, 0.2) is 42.7 Å². The zero-order chi connectivity index (χ0) is 18.7. The summed E-state index contributed by atoms with van der Waals surface area (Å²) in [7, 11) is 1.81. The molecule has 2 heterocycles. The lowest BCUT2D eigenvalue weighted by Crippen LogP contribution is -2.36. The van der Waals surface area contributed by atoms with Gasteiger partial charge in [0.25, 0.3) is 0 Å². The highest BCUT2D eigenvalue weighted by atomic mass is 16.2. The first-order chi connectivity index (χ1) is 12.5. The summed E-state index contributed by atoms with van der Waals surface area (Å²) in [5, 5.41) is 0. The van der Waals surface area contributed by atoms with Gasteiger partial charge in [0, 0.05) is 44.6 Å². The van der Waals surface area contributed by atoms with Gasteiger partial charge in [0.2, 0.25) is 11.8 Å². The van der Waals surface area contributed by atoms with E-state index in [4.69, 9.17) is 0 Å². The van der Waals surface area contributed by atoms with Gasteiger partial charge in [0.05, 0.1) is 5.92 Å². The van der Waals surface area contributed by atoms with Gasteiger partial charge in [0.15, 0.2) is 0 Å². The number of aryl methyl sites for hydroxylation is 2. The van der Waals surface area contributed by atoms with Gasteiger partial charge < -0.3 is 9.80 Å². The van der Waals surface area contributed by atoms with Crippen molar-refractivity contribution in [1.29, 1.82) is 0 Å². The molecule has 0 aliphatic carbocycles. The van der Waals surface area contributed by atoms with Gasteiger partial charge in [-0.1, -0.05) is 6.07 Å². The van der Waals surface area contributed by atoms with Crippen LogP contribution < -0.4 is 4.90 Å². The lowest BCUT2D eigenvalue weighted by Gasteiger charge is -2.22. The van der Waals surface area contributed by atoms with Crippen LogP contribution in [0.1, 0.15) is 23.1 Å². The molecule has 0 spiro atoms. The summed E-state index contributed by atoms with van der Waals surface area (Å²) in [4.78, 5) is 32.7. The molecule has 0 bridgehead atoms. The minimum atomic E-state index is -0.272. The van der Waals surface area contributed by atoms with E-state index in [0.29, 0.717) is 13.1 Å². The SMILES string of the molecule is Cc1ccc(N2CC(C(=O)N(C)CCc3ccncc3)CC2=O)cc1C. The van der Waals surface area contributed by atoms with Crippen LogP contribution in [0.5, 0.6) is 0 Å². The third-order valence-electron chi connectivity index (χ3n) is 5.14. The van der Waals surface area contributed by atoms with Crippen LogP contribution in [-0.2, 0) is 16.0 Å². The van der Waals surface area contributed by atoms with Crippen LogP contribution in [0.25, 0.3) is 0 Å². The van der Waals surface area contributed by atoms with Crippen molar-refractivity contribution < 1.29 is 9.59 Å². The largest absolute Gasteiger partial charge is 0.345 e. The Hall–Kier alpha value is -2.69. The van der Waals surface area contributed by atoms with Crippen molar-refractivity contribution in [1.82, 2.24) is 9.88 Å². The fourth-order valence-electron chi connectivity index (χ4n) is 3.28. The summed E-state index contributed by atoms with van der Waals surface area (Å²) in [5.74, 6) is -0.209. The zero-order valence-corrected chi connectivity index (χ0v) is 15.6. The van der Waals surface area contributed by atoms with E-state index in [0.717, 1.165) is 23.2 Å². The van der Waals surface area contributed by atoms with Crippen molar-refractivity contribution in [2.75, 3.05) is 25.0 Å². The molecule has 1 aromatic heterocycles. The summed E-state index contributed by atoms with van der Waals surface area (Å²) in [6.07, 6.45) is 4.58. The Bertz CT molecular complexity index is 804. The number of hydrogen-bond acceptors (Lipinski definition) is 3. The monoisotopic (exact) mass is 351 g/mol. The molecule has 1 saturated heterocycles. The Morgan fingerprint density at radius 3 is 2.62 bits per heavy atom. The van der Waals surface area contributed by atoms with Crippen molar-refractivity contribution in [3.63, 3.8) is 0 Å². The van der Waals surface area contributed by atoms with Crippen LogP contribution >= 0.6 is 0 Å². The summed E-state index contributed by atoms with van der Waals surface area (Å²) < 4.78 is 0. The minimum absolute atomic E-state index is 0.0223. The van der Waals surface area contributed by atoms with E-state index in [9.17, 15) is 9.59 Å². The molecule has 2 aromatic rings. The first kappa shape index (κ1) is 18.1. The molecule has 0 radical (unpaired) electrons. The average Bonchev–Trinajstić information content (AvgIpc) is 3.04. The molecule has 136 valence electrons. The summed E-state index contributed by atoms with van der Waals surface area (Å²) >= 11 is 0. The van der Waals surface area contributed by atoms with E-state index >= 15 is 0 Å². The smallest absolute Gasteiger partial charge is 0.227 e. The van der Waals surface area contributed by atoms with Crippen molar-refractivity contribution in [2.24, 2.45) is 5.92 Å². The van der Waals surface area contributed by atoms with Crippen LogP contribution in [0.3, 0.4) is 0 Å². The first-order valence-electron chi connectivity index (χ1n) is 8.97. The quantitative estimate of drug-likeness (QED) is 0.832. The molecule has 1 unspecified atom stereocenters. The molecule has 1 aromatic carbocycles. The van der Waals surface area contributed by atoms with Crippen molar-refractivity contribution in [2.45, 2.75) is 26.7 Å². The highest BCUT2D eigenvalue weighted by Gasteiger charge is 2.36. The normalized spacial score (nSPS) is 16.8. The second kappa shape index (κ2) is 7.68. The van der Waals surface area contributed by atoms with Gasteiger partial charge in [-0.25, -0.2) is 0 Å². The second-order valence-corrected chi connectivity index (χ2v) is 7.04. The molecule has 2 amide bonds. The number of carbonyl (C=O) groups excluding carboxylic acids is 2. The molecule has 5 heteroatoms. The van der Waals surface area contributed by atoms with Crippen molar-refractivity contribution in [3.05, 3.63) is 59.4 Å². The molecule has 0 N–H and O–H groups in total. The molecule has 3 rings (SSSR count). The fourth-order valence-corrected chi connectivity index (χ4v) is 3.28. The lowest BCUT2D eigenvalue weighted by molar-refractivity contribution is -0.134. The van der Waals surface area contributed by atoms with Gasteiger partial charge in [-0.15, -0.1) is 0 Å². The van der Waals surface area contributed by atoms with E-state index in [1.807, 2.05) is 44.3 Å². The van der Waals surface area contributed by atoms with Crippen LogP contribution in [-0.4, -0.2) is 41.8 Å². The topological polar surface area (TPSA) is 53.5 Å². The molecule has 26 heavy (non-hydrogen) atoms. The number of nitrogens with zero attached hydrogens (tertiary/aromatic N) is 3. The fraction of sp³-hybridized carbons (Fsp3) is 0.381. The third kappa shape index (κ3) is 3.93. The van der Waals surface area contributed by atoms with Gasteiger partial charge in [-0.05, 0) is 61.2 Å². The average molecular weight is 351 g/mol. The predicted octanol–water partition coefficient (Wildman–Crippen LogP) is 2.75. The first-order valence-corrected chi connectivity index (χ1v) is 8.97. The molecule has 0 saturated carbocycles. The van der Waals surface area contributed by atoms with Crippen LogP contribution in [0.2, 0.25) is 0 Å². The maximum atomic E-state index is 12.7. The van der Waals surface area contributed by atoms with Gasteiger partial charge in [-0.3, -0.25) is 14.6 Å². The second-order valence-electron chi connectivity index (χ2n) is 7.04. The molecule has 1 atom stereocenters. The number of likely N-dealkylation sites (N-methyl/N-ethyl adjacent to an activating group) is 1. The van der Waals surface area contributed by atoms with E-state index < -0.39 is 0 Å². The van der Waals surface area contributed by atoms with E-state index in [-0.39, 0.29) is 24.2 Å². The summed E-state index contributed by atoms with van der Waals surface area (Å²) in [5.41, 5.74) is 4.38. The Morgan fingerprint density at radius 2 is 1.92 bits per heavy atom. The third-order valence-corrected chi connectivity index (χ3v) is 5.14.